The minimum atomic E-state index is -3.27. The number of nitrogens with zero attached hydrogens (tertiary/aromatic N) is 3. The summed E-state index contributed by atoms with van der Waals surface area (Å²) in [6.45, 7) is 1.95. The zero-order chi connectivity index (χ0) is 23.4. The monoisotopic (exact) mass is 472 g/mol. The minimum absolute atomic E-state index is 0.0889. The number of carboxylic acid groups (broad SMARTS) is 1. The maximum Gasteiger partial charge on any atom is 0.307 e. The van der Waals surface area contributed by atoms with Crippen molar-refractivity contribution in [2.45, 2.75) is 30.3 Å². The van der Waals surface area contributed by atoms with Gasteiger partial charge < -0.3 is 14.6 Å². The molecule has 0 aliphatic carbocycles. The molecule has 2 unspecified atom stereocenters. The lowest BCUT2D eigenvalue weighted by Gasteiger charge is -2.34. The van der Waals surface area contributed by atoms with Crippen LogP contribution in [0.5, 0.6) is 0 Å². The number of aromatic nitrogens is 2. The Morgan fingerprint density at radius 2 is 2.12 bits per heavy atom. The molecule has 2 atom stereocenters. The Bertz CT molecular complexity index is 1240. The topological polar surface area (TPSA) is 117 Å². The summed E-state index contributed by atoms with van der Waals surface area (Å²) in [5, 5.41) is 13.4. The van der Waals surface area contributed by atoms with Gasteiger partial charge in [-0.2, -0.15) is 5.10 Å². The van der Waals surface area contributed by atoms with Crippen LogP contribution in [0.4, 0.5) is 0 Å². The normalized spacial score (nSPS) is 18.9. The molecule has 2 aromatic heterocycles. The molecule has 3 aromatic rings. The average molecular weight is 473 g/mol. The van der Waals surface area contributed by atoms with E-state index in [0.717, 1.165) is 18.4 Å². The van der Waals surface area contributed by atoms with Crippen molar-refractivity contribution in [3.8, 4) is 11.1 Å². The molecule has 0 radical (unpaired) electrons. The van der Waals surface area contributed by atoms with E-state index in [1.807, 2.05) is 24.3 Å². The van der Waals surface area contributed by atoms with E-state index in [9.17, 15) is 14.1 Å². The second kappa shape index (κ2) is 10.0. The number of methoxy groups -OCH3 is 1. The summed E-state index contributed by atoms with van der Waals surface area (Å²) in [6, 6.07) is 10.9. The maximum atomic E-state index is 13.9. The number of benzene rings is 1. The molecule has 4 rings (SSSR count). The number of rotatable bonds is 9. The number of carboxylic acids is 1. The van der Waals surface area contributed by atoms with Crippen molar-refractivity contribution in [3.05, 3.63) is 54.4 Å². The molecule has 1 aromatic carbocycles. The number of hydrogen-bond donors (Lipinski definition) is 2. The minimum Gasteiger partial charge on any atom is -0.481 e. The van der Waals surface area contributed by atoms with Crippen LogP contribution in [0.3, 0.4) is 0 Å². The van der Waals surface area contributed by atoms with Crippen LogP contribution in [-0.2, 0) is 30.6 Å². The molecule has 176 valence electrons. The first-order valence-corrected chi connectivity index (χ1v) is 12.3. The molecular weight excluding hydrogens is 444 g/mol. The van der Waals surface area contributed by atoms with Crippen LogP contribution in [0, 0.1) is 4.78 Å². The van der Waals surface area contributed by atoms with Gasteiger partial charge in [0.2, 0.25) is 0 Å². The molecule has 1 aliphatic heterocycles. The van der Waals surface area contributed by atoms with Gasteiger partial charge in [-0.15, -0.1) is 0 Å². The molecular formula is C23H28N4O5S. The van der Waals surface area contributed by atoms with Crippen molar-refractivity contribution in [1.29, 1.82) is 4.78 Å². The Balaban J connectivity index is 1.66. The third-order valence-electron chi connectivity index (χ3n) is 5.78. The fourth-order valence-corrected chi connectivity index (χ4v) is 5.94. The molecule has 1 aliphatic rings. The van der Waals surface area contributed by atoms with Crippen molar-refractivity contribution in [1.82, 2.24) is 13.9 Å². The lowest BCUT2D eigenvalue weighted by molar-refractivity contribution is -0.136. The third kappa shape index (κ3) is 5.09. The van der Waals surface area contributed by atoms with Gasteiger partial charge >= 0.3 is 5.97 Å². The quantitative estimate of drug-likeness (QED) is 0.462. The molecule has 2 N–H and O–H groups in total. The van der Waals surface area contributed by atoms with Crippen molar-refractivity contribution >= 4 is 21.4 Å². The van der Waals surface area contributed by atoms with Crippen molar-refractivity contribution in [2.75, 3.05) is 33.4 Å². The van der Waals surface area contributed by atoms with Crippen LogP contribution in [0.1, 0.15) is 18.4 Å². The van der Waals surface area contributed by atoms with E-state index >= 15 is 0 Å². The number of hydrogen-bond acceptors (Lipinski definition) is 6. The highest BCUT2D eigenvalue weighted by Gasteiger charge is 2.30. The number of pyridine rings is 1. The SMILES string of the molecule is COCCOC1CCCN(S(=N)(=O)c2ccccc2-c2ccn3ncc(CC(=O)O)c3c2)C1. The number of ether oxygens (including phenoxy) is 2. The molecule has 9 nitrogen and oxygen atoms in total. The Hall–Kier alpha value is -2.79. The Kier molecular flexibility index (Phi) is 7.08. The first-order valence-electron chi connectivity index (χ1n) is 10.8. The zero-order valence-electron chi connectivity index (χ0n) is 18.5. The van der Waals surface area contributed by atoms with Gasteiger partial charge in [0.15, 0.2) is 0 Å². The van der Waals surface area contributed by atoms with Gasteiger partial charge in [0.1, 0.15) is 9.92 Å². The Morgan fingerprint density at radius 3 is 2.91 bits per heavy atom. The molecule has 0 spiro atoms. The van der Waals surface area contributed by atoms with E-state index in [2.05, 4.69) is 5.10 Å². The van der Waals surface area contributed by atoms with Crippen molar-refractivity contribution < 1.29 is 23.6 Å². The smallest absolute Gasteiger partial charge is 0.307 e. The molecule has 0 saturated carbocycles. The van der Waals surface area contributed by atoms with Gasteiger partial charge in [-0.3, -0.25) is 4.79 Å². The lowest BCUT2D eigenvalue weighted by Crippen LogP contribution is -2.43. The number of carbonyl (C=O) groups is 1. The lowest BCUT2D eigenvalue weighted by atomic mass is 10.1. The summed E-state index contributed by atoms with van der Waals surface area (Å²) >= 11 is 0. The summed E-state index contributed by atoms with van der Waals surface area (Å²) in [5.74, 6) is -0.933. The van der Waals surface area contributed by atoms with Crippen LogP contribution < -0.4 is 0 Å². The van der Waals surface area contributed by atoms with Crippen molar-refractivity contribution in [2.24, 2.45) is 0 Å². The van der Waals surface area contributed by atoms with E-state index in [1.165, 1.54) is 0 Å². The van der Waals surface area contributed by atoms with Gasteiger partial charge in [0.25, 0.3) is 0 Å². The van der Waals surface area contributed by atoms with Gasteiger partial charge in [0, 0.05) is 37.5 Å². The maximum absolute atomic E-state index is 13.9. The first kappa shape index (κ1) is 23.4. The highest BCUT2D eigenvalue weighted by Crippen LogP contribution is 2.32. The summed E-state index contributed by atoms with van der Waals surface area (Å²) < 4.78 is 37.0. The van der Waals surface area contributed by atoms with Crippen LogP contribution in [0.25, 0.3) is 16.6 Å². The molecule has 0 amide bonds. The first-order chi connectivity index (χ1) is 15.9. The van der Waals surface area contributed by atoms with E-state index in [-0.39, 0.29) is 12.5 Å². The Morgan fingerprint density at radius 1 is 1.30 bits per heavy atom. The van der Waals surface area contributed by atoms with E-state index < -0.39 is 15.9 Å². The molecule has 1 saturated heterocycles. The molecule has 0 bridgehead atoms. The molecule has 10 heteroatoms. The molecule has 33 heavy (non-hydrogen) atoms. The van der Waals surface area contributed by atoms with Crippen LogP contribution in [0.2, 0.25) is 0 Å². The highest BCUT2D eigenvalue weighted by atomic mass is 32.2. The van der Waals surface area contributed by atoms with Gasteiger partial charge in [-0.1, -0.05) is 18.2 Å². The van der Waals surface area contributed by atoms with Gasteiger partial charge in [-0.05, 0) is 36.6 Å². The highest BCUT2D eigenvalue weighted by molar-refractivity contribution is 7.90. The van der Waals surface area contributed by atoms with Gasteiger partial charge in [0.05, 0.1) is 42.3 Å². The molecule has 3 heterocycles. The predicted octanol–water partition coefficient (Wildman–Crippen LogP) is 3.08. The second-order valence-electron chi connectivity index (χ2n) is 8.02. The van der Waals surface area contributed by atoms with E-state index in [0.29, 0.717) is 47.8 Å². The summed E-state index contributed by atoms with van der Waals surface area (Å²) in [7, 11) is -1.65. The summed E-state index contributed by atoms with van der Waals surface area (Å²) in [5.41, 5.74) is 2.71. The molecule has 1 fully saturated rings. The van der Waals surface area contributed by atoms with Crippen LogP contribution in [0.15, 0.2) is 53.7 Å². The summed E-state index contributed by atoms with van der Waals surface area (Å²) in [4.78, 5) is 11.6. The third-order valence-corrected chi connectivity index (χ3v) is 7.80. The average Bonchev–Trinajstić information content (AvgIpc) is 3.21. The van der Waals surface area contributed by atoms with Crippen molar-refractivity contribution in [3.63, 3.8) is 0 Å². The zero-order valence-corrected chi connectivity index (χ0v) is 19.3. The predicted molar refractivity (Wildman–Crippen MR) is 124 cm³/mol. The van der Waals surface area contributed by atoms with E-state index in [4.69, 9.17) is 14.3 Å². The Labute approximate surface area is 193 Å². The summed E-state index contributed by atoms with van der Waals surface area (Å²) in [6.07, 6.45) is 4.73. The van der Waals surface area contributed by atoms with E-state index in [1.54, 1.807) is 40.5 Å². The standard InChI is InChI=1S/C23H28N4O5S/c1-31-11-12-32-19-5-4-9-26(16-19)33(24,30)22-7-3-2-6-20(22)17-8-10-27-21(13-17)18(15-25-27)14-23(28)29/h2-3,6-8,10,13,15,19,24H,4-5,9,11-12,14,16H2,1H3,(H,28,29). The number of aliphatic carboxylic acids is 1. The largest absolute Gasteiger partial charge is 0.481 e. The second-order valence-corrected chi connectivity index (χ2v) is 10.0. The van der Waals surface area contributed by atoms with Crippen LogP contribution in [-0.4, -0.2) is 68.7 Å². The fourth-order valence-electron chi connectivity index (χ4n) is 4.16. The number of piperidine rings is 1. The van der Waals surface area contributed by atoms with Crippen LogP contribution >= 0.6 is 0 Å². The number of fused-ring (bicyclic) bond motifs is 1. The van der Waals surface area contributed by atoms with Gasteiger partial charge in [-0.25, -0.2) is 17.8 Å². The number of nitrogens with one attached hydrogen (secondary N) is 1. The fraction of sp³-hybridized carbons (Fsp3) is 0.391.